The lowest BCUT2D eigenvalue weighted by molar-refractivity contribution is 0.548. The maximum Gasteiger partial charge on any atom is 0.179 e. The Morgan fingerprint density at radius 3 is 2.93 bits per heavy atom. The van der Waals surface area contributed by atoms with Crippen LogP contribution in [-0.4, -0.2) is 38.7 Å². The highest BCUT2D eigenvalue weighted by Gasteiger charge is 2.33. The third kappa shape index (κ3) is 3.24. The van der Waals surface area contributed by atoms with Gasteiger partial charge in [0.2, 0.25) is 0 Å². The van der Waals surface area contributed by atoms with Gasteiger partial charge in [0.1, 0.15) is 11.6 Å². The highest BCUT2D eigenvalue weighted by molar-refractivity contribution is 9.10. The lowest BCUT2D eigenvalue weighted by atomic mass is 10.1. The van der Waals surface area contributed by atoms with E-state index in [4.69, 9.17) is 0 Å². The second-order valence-corrected chi connectivity index (χ2v) is 10.3. The van der Waals surface area contributed by atoms with Gasteiger partial charge in [0.05, 0.1) is 26.8 Å². The molecule has 10 heteroatoms. The normalized spacial score (nSPS) is 20.1. The minimum atomic E-state index is -3.56. The fraction of sp³-hybridized carbons (Fsp3) is 0.316. The van der Waals surface area contributed by atoms with Crippen LogP contribution in [0.2, 0.25) is 0 Å². The maximum atomic E-state index is 13.8. The molecule has 2 atom stereocenters. The van der Waals surface area contributed by atoms with E-state index in [0.29, 0.717) is 12.1 Å². The van der Waals surface area contributed by atoms with Crippen LogP contribution < -0.4 is 0 Å². The molecule has 1 N–H and O–H groups in total. The van der Waals surface area contributed by atoms with Gasteiger partial charge >= 0.3 is 0 Å². The summed E-state index contributed by atoms with van der Waals surface area (Å²) in [5, 5.41) is 8.60. The van der Waals surface area contributed by atoms with Gasteiger partial charge in [-0.2, -0.15) is 0 Å². The van der Waals surface area contributed by atoms with Crippen molar-refractivity contribution in [2.24, 2.45) is 5.92 Å². The molecule has 0 amide bonds. The van der Waals surface area contributed by atoms with Crippen LogP contribution in [0.1, 0.15) is 31.0 Å². The van der Waals surface area contributed by atoms with Gasteiger partial charge in [-0.25, -0.2) is 17.8 Å². The molecule has 1 aliphatic rings. The van der Waals surface area contributed by atoms with E-state index >= 15 is 0 Å². The molecule has 1 saturated carbocycles. The van der Waals surface area contributed by atoms with Crippen LogP contribution in [0.4, 0.5) is 4.39 Å². The van der Waals surface area contributed by atoms with Crippen LogP contribution in [0.5, 0.6) is 0 Å². The second kappa shape index (κ2) is 6.88. The maximum absolute atomic E-state index is 13.8. The summed E-state index contributed by atoms with van der Waals surface area (Å²) >= 11 is 3.06. The van der Waals surface area contributed by atoms with Crippen LogP contribution >= 0.6 is 15.9 Å². The number of hydrogen-bond acceptors (Lipinski definition) is 5. The minimum absolute atomic E-state index is 0.00241. The van der Waals surface area contributed by atoms with Crippen molar-refractivity contribution in [1.82, 2.24) is 24.6 Å². The van der Waals surface area contributed by atoms with Gasteiger partial charge in [-0.05, 0) is 65.4 Å². The Hall–Kier alpha value is -2.33. The minimum Gasteiger partial charge on any atom is -0.345 e. The number of aromatic nitrogens is 5. The number of benzene rings is 1. The molecule has 0 bridgehead atoms. The Morgan fingerprint density at radius 1 is 1.24 bits per heavy atom. The molecule has 0 radical (unpaired) electrons. The Kier molecular flexibility index (Phi) is 4.43. The van der Waals surface area contributed by atoms with Crippen molar-refractivity contribution < 1.29 is 12.8 Å². The fourth-order valence-corrected chi connectivity index (χ4v) is 6.12. The molecule has 0 saturated heterocycles. The molecule has 3 heterocycles. The first-order chi connectivity index (χ1) is 13.9. The van der Waals surface area contributed by atoms with Gasteiger partial charge in [-0.1, -0.05) is 0 Å². The number of rotatable bonds is 4. The summed E-state index contributed by atoms with van der Waals surface area (Å²) < 4.78 is 41.6. The summed E-state index contributed by atoms with van der Waals surface area (Å²) in [6, 6.07) is 5.88. The van der Waals surface area contributed by atoms with Crippen molar-refractivity contribution in [3.8, 4) is 0 Å². The van der Waals surface area contributed by atoms with E-state index in [2.05, 4.69) is 36.1 Å². The monoisotopic (exact) mass is 477 g/mol. The van der Waals surface area contributed by atoms with E-state index in [-0.39, 0.29) is 27.0 Å². The molecule has 150 valence electrons. The first kappa shape index (κ1) is 18.7. The Balaban J connectivity index is 1.40. The van der Waals surface area contributed by atoms with Crippen molar-refractivity contribution in [3.05, 3.63) is 52.8 Å². The number of aromatic amines is 1. The number of hydrogen-bond donors (Lipinski definition) is 1. The van der Waals surface area contributed by atoms with E-state index in [9.17, 15) is 12.8 Å². The highest BCUT2D eigenvalue weighted by atomic mass is 79.9. The van der Waals surface area contributed by atoms with Gasteiger partial charge in [-0.15, -0.1) is 10.2 Å². The van der Waals surface area contributed by atoms with Crippen molar-refractivity contribution in [1.29, 1.82) is 0 Å². The second-order valence-electron chi connectivity index (χ2n) is 7.45. The number of nitrogens with zero attached hydrogens (tertiary/aromatic N) is 4. The Bertz CT molecular complexity index is 1330. The number of fused-ring (bicyclic) bond motifs is 3. The summed E-state index contributed by atoms with van der Waals surface area (Å²) in [5.41, 5.74) is 2.34. The average molecular weight is 478 g/mol. The van der Waals surface area contributed by atoms with E-state index in [1.807, 2.05) is 16.7 Å². The number of sulfone groups is 1. The smallest absolute Gasteiger partial charge is 0.179 e. The molecule has 0 aliphatic heterocycles. The van der Waals surface area contributed by atoms with Crippen LogP contribution in [0, 0.1) is 11.7 Å². The molecule has 0 unspecified atom stereocenters. The largest absolute Gasteiger partial charge is 0.345 e. The number of H-pyrrole nitrogens is 1. The van der Waals surface area contributed by atoms with E-state index in [1.54, 1.807) is 6.20 Å². The van der Waals surface area contributed by atoms with Gasteiger partial charge in [-0.3, -0.25) is 4.40 Å². The molecule has 3 aromatic heterocycles. The Labute approximate surface area is 174 Å². The molecule has 29 heavy (non-hydrogen) atoms. The van der Waals surface area contributed by atoms with Crippen molar-refractivity contribution in [2.75, 3.05) is 5.75 Å². The summed E-state index contributed by atoms with van der Waals surface area (Å²) in [4.78, 5) is 7.44. The van der Waals surface area contributed by atoms with Crippen LogP contribution in [0.25, 0.3) is 16.8 Å². The average Bonchev–Trinajstić information content (AvgIpc) is 3.40. The summed E-state index contributed by atoms with van der Waals surface area (Å²) in [7, 11) is -3.56. The molecule has 5 rings (SSSR count). The van der Waals surface area contributed by atoms with Gasteiger partial charge in [0, 0.05) is 12.1 Å². The van der Waals surface area contributed by atoms with Crippen molar-refractivity contribution >= 4 is 42.6 Å². The van der Waals surface area contributed by atoms with Gasteiger partial charge in [0.15, 0.2) is 21.1 Å². The first-order valence-corrected chi connectivity index (χ1v) is 11.7. The van der Waals surface area contributed by atoms with Gasteiger partial charge in [0.25, 0.3) is 0 Å². The predicted molar refractivity (Wildman–Crippen MR) is 109 cm³/mol. The third-order valence-electron chi connectivity index (χ3n) is 5.58. The predicted octanol–water partition coefficient (Wildman–Crippen LogP) is 3.86. The quantitative estimate of drug-likeness (QED) is 0.481. The van der Waals surface area contributed by atoms with E-state index in [1.165, 1.54) is 12.1 Å². The van der Waals surface area contributed by atoms with Crippen LogP contribution in [-0.2, 0) is 9.84 Å². The standard InChI is InChI=1S/C19H17BrFN5O2S/c20-14-4-3-13(8-15(14)21)29(27,28)10-11-1-2-12(7-11)19-25-24-17-9-23-18-16(26(17)19)5-6-22-18/h3-6,8-9,11-12,22H,1-2,7,10H2/t11-,12+/m0/s1. The summed E-state index contributed by atoms with van der Waals surface area (Å²) in [5.74, 6) is 0.374. The zero-order chi connectivity index (χ0) is 20.2. The van der Waals surface area contributed by atoms with Gasteiger partial charge < -0.3 is 4.98 Å². The molecule has 1 aliphatic carbocycles. The molecular formula is C19H17BrFN5O2S. The van der Waals surface area contributed by atoms with Crippen molar-refractivity contribution in [3.63, 3.8) is 0 Å². The van der Waals surface area contributed by atoms with Crippen LogP contribution in [0.3, 0.4) is 0 Å². The number of nitrogens with one attached hydrogen (secondary N) is 1. The lowest BCUT2D eigenvalue weighted by Gasteiger charge is -2.12. The molecular weight excluding hydrogens is 461 g/mol. The summed E-state index contributed by atoms with van der Waals surface area (Å²) in [6.07, 6.45) is 5.81. The fourth-order valence-electron chi connectivity index (χ4n) is 4.20. The third-order valence-corrected chi connectivity index (χ3v) is 8.10. The van der Waals surface area contributed by atoms with E-state index < -0.39 is 15.7 Å². The molecule has 0 spiro atoms. The molecule has 4 aromatic rings. The topological polar surface area (TPSA) is 93.0 Å². The summed E-state index contributed by atoms with van der Waals surface area (Å²) in [6.45, 7) is 0. The van der Waals surface area contributed by atoms with E-state index in [0.717, 1.165) is 35.9 Å². The molecule has 1 fully saturated rings. The lowest BCUT2D eigenvalue weighted by Crippen LogP contribution is -2.15. The number of halogens is 2. The zero-order valence-electron chi connectivity index (χ0n) is 15.2. The van der Waals surface area contributed by atoms with Crippen molar-refractivity contribution in [2.45, 2.75) is 30.1 Å². The Morgan fingerprint density at radius 2 is 2.10 bits per heavy atom. The SMILES string of the molecule is O=S(=O)(C[C@H]1CC[C@@H](c2nnc3cnc4[nH]ccc4n23)C1)c1ccc(Br)c(F)c1. The first-order valence-electron chi connectivity index (χ1n) is 9.27. The molecule has 1 aromatic carbocycles. The zero-order valence-corrected chi connectivity index (χ0v) is 17.6. The highest BCUT2D eigenvalue weighted by Crippen LogP contribution is 2.39. The van der Waals surface area contributed by atoms with Crippen LogP contribution in [0.15, 0.2) is 46.0 Å². The molecule has 7 nitrogen and oxygen atoms in total.